The number of esters is 1. The van der Waals surface area contributed by atoms with E-state index in [0.29, 0.717) is 29.2 Å². The molecule has 0 bridgehead atoms. The first-order chi connectivity index (χ1) is 14.5. The quantitative estimate of drug-likeness (QED) is 0.303. The summed E-state index contributed by atoms with van der Waals surface area (Å²) in [7, 11) is 0. The number of carbonyl (C=O) groups is 2. The Labute approximate surface area is 184 Å². The maximum absolute atomic E-state index is 12.4. The van der Waals surface area contributed by atoms with Gasteiger partial charge in [0.2, 0.25) is 5.91 Å². The van der Waals surface area contributed by atoms with Crippen molar-refractivity contribution >= 4 is 46.1 Å². The highest BCUT2D eigenvalue weighted by molar-refractivity contribution is 7.98. The Balaban J connectivity index is 1.40. The second kappa shape index (κ2) is 9.06. The first-order valence-corrected chi connectivity index (χ1v) is 11.3. The number of hydrogen-bond donors (Lipinski definition) is 0. The van der Waals surface area contributed by atoms with E-state index in [1.807, 2.05) is 47.6 Å². The zero-order valence-electron chi connectivity index (χ0n) is 16.6. The summed E-state index contributed by atoms with van der Waals surface area (Å²) < 4.78 is 5.45. The predicted octanol–water partition coefficient (Wildman–Crippen LogP) is 5.09. The van der Waals surface area contributed by atoms with E-state index >= 15 is 0 Å². The predicted molar refractivity (Wildman–Crippen MR) is 119 cm³/mol. The summed E-state index contributed by atoms with van der Waals surface area (Å²) in [5, 5.41) is 1.28. The Morgan fingerprint density at radius 2 is 2.00 bits per heavy atom. The molecule has 4 rings (SSSR count). The molecule has 154 valence electrons. The van der Waals surface area contributed by atoms with Gasteiger partial charge in [-0.3, -0.25) is 4.79 Å². The number of likely N-dealkylation sites (tertiary alicyclic amines) is 1. The van der Waals surface area contributed by atoms with Gasteiger partial charge < -0.3 is 9.64 Å². The third-order valence-electron chi connectivity index (χ3n) is 5.14. The minimum atomic E-state index is -0.423. The number of thioether (sulfide) groups is 1. The summed E-state index contributed by atoms with van der Waals surface area (Å²) >= 11 is 7.94. The number of aromatic nitrogens is 1. The fraction of sp³-hybridized carbons (Fsp3) is 0.261. The Morgan fingerprint density at radius 1 is 1.20 bits per heavy atom. The number of rotatable bonds is 6. The molecule has 30 heavy (non-hydrogen) atoms. The average Bonchev–Trinajstić information content (AvgIpc) is 3.16. The minimum Gasteiger partial charge on any atom is -0.457 e. The number of amides is 1. The van der Waals surface area contributed by atoms with E-state index in [9.17, 15) is 9.59 Å². The van der Waals surface area contributed by atoms with Gasteiger partial charge in [-0.1, -0.05) is 29.8 Å². The van der Waals surface area contributed by atoms with Crippen molar-refractivity contribution in [1.29, 1.82) is 0 Å². The number of benzene rings is 2. The monoisotopic (exact) mass is 440 g/mol. The molecule has 1 aromatic heterocycles. The molecule has 1 amide bonds. The van der Waals surface area contributed by atoms with Crippen LogP contribution >= 0.6 is 23.4 Å². The lowest BCUT2D eigenvalue weighted by atomic mass is 10.1. The van der Waals surface area contributed by atoms with Gasteiger partial charge in [0.1, 0.15) is 11.8 Å². The molecule has 7 heteroatoms. The van der Waals surface area contributed by atoms with Crippen molar-refractivity contribution in [2.75, 3.05) is 12.8 Å². The maximum atomic E-state index is 12.4. The molecule has 2 heterocycles. The van der Waals surface area contributed by atoms with E-state index < -0.39 is 5.97 Å². The first kappa shape index (κ1) is 20.7. The molecule has 0 atom stereocenters. The molecule has 0 spiro atoms. The van der Waals surface area contributed by atoms with Crippen LogP contribution in [0.3, 0.4) is 0 Å². The van der Waals surface area contributed by atoms with Crippen molar-refractivity contribution in [3.8, 4) is 0 Å². The summed E-state index contributed by atoms with van der Waals surface area (Å²) in [6.07, 6.45) is 3.54. The smallest absolute Gasteiger partial charge is 0.338 e. The van der Waals surface area contributed by atoms with E-state index in [0.717, 1.165) is 34.3 Å². The van der Waals surface area contributed by atoms with E-state index in [2.05, 4.69) is 4.98 Å². The number of pyridine rings is 1. The lowest BCUT2D eigenvalue weighted by Gasteiger charge is -2.15. The Bertz CT molecular complexity index is 1100. The van der Waals surface area contributed by atoms with Gasteiger partial charge in [-0.2, -0.15) is 0 Å². The second-order valence-electron chi connectivity index (χ2n) is 7.19. The second-order valence-corrected chi connectivity index (χ2v) is 8.43. The molecule has 3 aromatic rings. The normalized spacial score (nSPS) is 13.8. The van der Waals surface area contributed by atoms with Gasteiger partial charge in [-0.25, -0.2) is 9.78 Å². The first-order valence-electron chi connectivity index (χ1n) is 9.70. The van der Waals surface area contributed by atoms with Crippen molar-refractivity contribution in [3.63, 3.8) is 0 Å². The minimum absolute atomic E-state index is 0.0505. The molecule has 1 saturated heterocycles. The number of nitrogens with zero attached hydrogens (tertiary/aromatic N) is 2. The van der Waals surface area contributed by atoms with Crippen LogP contribution in [0.2, 0.25) is 5.15 Å². The fourth-order valence-electron chi connectivity index (χ4n) is 3.46. The van der Waals surface area contributed by atoms with Gasteiger partial charge >= 0.3 is 5.97 Å². The zero-order chi connectivity index (χ0) is 21.1. The van der Waals surface area contributed by atoms with Crippen molar-refractivity contribution in [2.45, 2.75) is 30.9 Å². The van der Waals surface area contributed by atoms with E-state index in [-0.39, 0.29) is 12.5 Å². The summed E-state index contributed by atoms with van der Waals surface area (Å²) in [5.74, 6) is -0.239. The third kappa shape index (κ3) is 4.60. The van der Waals surface area contributed by atoms with Crippen molar-refractivity contribution in [1.82, 2.24) is 9.88 Å². The molecular formula is C23H21ClN2O3S. The van der Waals surface area contributed by atoms with Crippen LogP contribution in [0.1, 0.15) is 34.3 Å². The number of halogens is 1. The number of ether oxygens (including phenoxy) is 1. The third-order valence-corrected chi connectivity index (χ3v) is 6.20. The van der Waals surface area contributed by atoms with Crippen LogP contribution in [0, 0.1) is 0 Å². The van der Waals surface area contributed by atoms with Crippen LogP contribution in [0.5, 0.6) is 0 Å². The van der Waals surface area contributed by atoms with E-state index in [1.165, 1.54) is 0 Å². The molecule has 1 fully saturated rings. The van der Waals surface area contributed by atoms with Crippen molar-refractivity contribution < 1.29 is 14.3 Å². The van der Waals surface area contributed by atoms with E-state index in [1.54, 1.807) is 23.9 Å². The van der Waals surface area contributed by atoms with Gasteiger partial charge in [-0.05, 0) is 48.6 Å². The zero-order valence-corrected chi connectivity index (χ0v) is 18.1. The molecular weight excluding hydrogens is 420 g/mol. The van der Waals surface area contributed by atoms with Crippen molar-refractivity contribution in [3.05, 3.63) is 70.4 Å². The summed E-state index contributed by atoms with van der Waals surface area (Å²) in [6.45, 7) is 1.42. The Hall–Kier alpha value is -2.57. The fourth-order valence-corrected chi connectivity index (χ4v) is 4.09. The highest BCUT2D eigenvalue weighted by atomic mass is 35.5. The lowest BCUT2D eigenvalue weighted by Crippen LogP contribution is -2.23. The molecule has 1 aliphatic rings. The van der Waals surface area contributed by atoms with Gasteiger partial charge in [-0.15, -0.1) is 11.8 Å². The molecule has 1 aliphatic heterocycles. The molecule has 0 unspecified atom stereocenters. The number of hydrogen-bond acceptors (Lipinski definition) is 5. The summed E-state index contributed by atoms with van der Waals surface area (Å²) in [5.41, 5.74) is 2.93. The summed E-state index contributed by atoms with van der Waals surface area (Å²) in [6, 6.07) is 15.1. The van der Waals surface area contributed by atoms with Gasteiger partial charge in [0, 0.05) is 35.4 Å². The van der Waals surface area contributed by atoms with E-state index in [4.69, 9.17) is 16.3 Å². The van der Waals surface area contributed by atoms with Crippen molar-refractivity contribution in [2.24, 2.45) is 0 Å². The largest absolute Gasteiger partial charge is 0.457 e. The van der Waals surface area contributed by atoms with Gasteiger partial charge in [0.05, 0.1) is 11.1 Å². The highest BCUT2D eigenvalue weighted by Gasteiger charge is 2.20. The topological polar surface area (TPSA) is 59.5 Å². The Morgan fingerprint density at radius 3 is 2.70 bits per heavy atom. The number of fused-ring (bicyclic) bond motifs is 1. The highest BCUT2D eigenvalue weighted by Crippen LogP contribution is 2.25. The molecule has 0 aliphatic carbocycles. The van der Waals surface area contributed by atoms with Gasteiger partial charge in [0.25, 0.3) is 0 Å². The van der Waals surface area contributed by atoms with Crippen LogP contribution in [0.25, 0.3) is 10.9 Å². The van der Waals surface area contributed by atoms with Crippen LogP contribution in [0.15, 0.2) is 53.4 Å². The van der Waals surface area contributed by atoms with Gasteiger partial charge in [0.15, 0.2) is 0 Å². The molecule has 0 radical (unpaired) electrons. The summed E-state index contributed by atoms with van der Waals surface area (Å²) in [4.78, 5) is 31.6. The van der Waals surface area contributed by atoms with Crippen LogP contribution < -0.4 is 0 Å². The van der Waals surface area contributed by atoms with Crippen LogP contribution in [-0.4, -0.2) is 34.6 Å². The molecule has 0 N–H and O–H groups in total. The average molecular weight is 441 g/mol. The number of carbonyl (C=O) groups excluding carboxylic acids is 2. The Kier molecular flexibility index (Phi) is 6.25. The molecule has 5 nitrogen and oxygen atoms in total. The van der Waals surface area contributed by atoms with Crippen LogP contribution in [-0.2, 0) is 22.7 Å². The standard InChI is InChI=1S/C23H21ClN2O3S/c1-30-19-9-8-17-11-18(22(24)25-20(17)12-19)14-29-23(28)16-6-4-15(5-7-16)13-26-10-2-3-21(26)27/h4-9,11-12H,2-3,10,13-14H2,1H3. The lowest BCUT2D eigenvalue weighted by molar-refractivity contribution is -0.128. The molecule has 0 saturated carbocycles. The SMILES string of the molecule is CSc1ccc2cc(COC(=O)c3ccc(CN4CCCC4=O)cc3)c(Cl)nc2c1. The van der Waals surface area contributed by atoms with Crippen LogP contribution in [0.4, 0.5) is 0 Å². The maximum Gasteiger partial charge on any atom is 0.338 e. The molecule has 2 aromatic carbocycles.